The number of methoxy groups -OCH3 is 1. The number of carbonyl (C=O) groups excluding carboxylic acids is 3. The van der Waals surface area contributed by atoms with E-state index in [2.05, 4.69) is 20.6 Å². The molecule has 1 aliphatic carbocycles. The van der Waals surface area contributed by atoms with E-state index < -0.39 is 0 Å². The van der Waals surface area contributed by atoms with Crippen LogP contribution in [0.3, 0.4) is 0 Å². The summed E-state index contributed by atoms with van der Waals surface area (Å²) in [6.07, 6.45) is 8.61. The Morgan fingerprint density at radius 1 is 1.23 bits per heavy atom. The van der Waals surface area contributed by atoms with E-state index in [0.717, 1.165) is 18.4 Å². The molecule has 12 heteroatoms. The third kappa shape index (κ3) is 5.54. The normalized spacial score (nSPS) is 13.8. The first-order valence-electron chi connectivity index (χ1n) is 11.2. The SMILES string of the molecule is COCC(Nc1cc(NC=O)ncn1)c1cn2cc(C3CC3)cc(N(C=O)CC(=O)N(C)C)c2n1. The highest BCUT2D eigenvalue weighted by atomic mass is 16.5. The second-order valence-corrected chi connectivity index (χ2v) is 8.55. The van der Waals surface area contributed by atoms with Gasteiger partial charge in [0, 0.05) is 39.7 Å². The molecule has 0 radical (unpaired) electrons. The van der Waals surface area contributed by atoms with Crippen molar-refractivity contribution in [3.05, 3.63) is 42.1 Å². The molecular formula is C23H28N8O4. The number of hydrogen-bond acceptors (Lipinski definition) is 8. The molecule has 1 saturated carbocycles. The highest BCUT2D eigenvalue weighted by Gasteiger charge is 2.27. The van der Waals surface area contributed by atoms with Crippen molar-refractivity contribution in [2.24, 2.45) is 0 Å². The number of nitrogens with zero attached hydrogens (tertiary/aromatic N) is 6. The largest absolute Gasteiger partial charge is 0.382 e. The highest BCUT2D eigenvalue weighted by Crippen LogP contribution is 2.42. The number of pyridine rings is 1. The van der Waals surface area contributed by atoms with Gasteiger partial charge in [0.05, 0.1) is 24.0 Å². The van der Waals surface area contributed by atoms with Gasteiger partial charge in [-0.3, -0.25) is 14.4 Å². The lowest BCUT2D eigenvalue weighted by atomic mass is 10.1. The van der Waals surface area contributed by atoms with Crippen LogP contribution in [0.2, 0.25) is 0 Å². The average Bonchev–Trinajstić information content (AvgIpc) is 3.60. The molecule has 1 fully saturated rings. The summed E-state index contributed by atoms with van der Waals surface area (Å²) in [4.78, 5) is 51.0. The number of aromatic nitrogens is 4. The predicted octanol–water partition coefficient (Wildman–Crippen LogP) is 1.42. The molecule has 35 heavy (non-hydrogen) atoms. The summed E-state index contributed by atoms with van der Waals surface area (Å²) in [5, 5.41) is 5.76. The third-order valence-electron chi connectivity index (χ3n) is 5.75. The molecule has 3 amide bonds. The lowest BCUT2D eigenvalue weighted by molar-refractivity contribution is -0.128. The molecule has 0 bridgehead atoms. The van der Waals surface area contributed by atoms with Crippen LogP contribution in [0.15, 0.2) is 30.9 Å². The van der Waals surface area contributed by atoms with Crippen LogP contribution >= 0.6 is 0 Å². The summed E-state index contributed by atoms with van der Waals surface area (Å²) in [6, 6.07) is 3.16. The van der Waals surface area contributed by atoms with Gasteiger partial charge in [-0.2, -0.15) is 0 Å². The first kappa shape index (κ1) is 24.1. The quantitative estimate of drug-likeness (QED) is 0.372. The summed E-state index contributed by atoms with van der Waals surface area (Å²) < 4.78 is 7.30. The summed E-state index contributed by atoms with van der Waals surface area (Å²) >= 11 is 0. The van der Waals surface area contributed by atoms with E-state index >= 15 is 0 Å². The zero-order valence-corrected chi connectivity index (χ0v) is 19.8. The van der Waals surface area contributed by atoms with Crippen molar-refractivity contribution < 1.29 is 19.1 Å². The molecule has 0 saturated heterocycles. The van der Waals surface area contributed by atoms with E-state index in [9.17, 15) is 14.4 Å². The molecule has 3 aromatic rings. The van der Waals surface area contributed by atoms with Crippen molar-refractivity contribution in [1.29, 1.82) is 0 Å². The number of imidazole rings is 1. The number of rotatable bonds is 12. The van der Waals surface area contributed by atoms with Crippen LogP contribution in [0.25, 0.3) is 5.65 Å². The Labute approximate surface area is 202 Å². The van der Waals surface area contributed by atoms with Gasteiger partial charge in [-0.05, 0) is 30.4 Å². The Bertz CT molecular complexity index is 1220. The van der Waals surface area contributed by atoms with Gasteiger partial charge in [0.2, 0.25) is 18.7 Å². The maximum atomic E-state index is 12.4. The first-order valence-corrected chi connectivity index (χ1v) is 11.2. The topological polar surface area (TPSA) is 134 Å². The van der Waals surface area contributed by atoms with Crippen LogP contribution in [-0.4, -0.2) is 77.3 Å². The van der Waals surface area contributed by atoms with Gasteiger partial charge < -0.3 is 29.6 Å². The van der Waals surface area contributed by atoms with Gasteiger partial charge in [0.1, 0.15) is 24.5 Å². The first-order chi connectivity index (χ1) is 16.9. The van der Waals surface area contributed by atoms with Crippen molar-refractivity contribution in [1.82, 2.24) is 24.3 Å². The number of likely N-dealkylation sites (N-methyl/N-ethyl adjacent to an activating group) is 1. The van der Waals surface area contributed by atoms with E-state index in [0.29, 0.717) is 47.4 Å². The lowest BCUT2D eigenvalue weighted by Crippen LogP contribution is -2.36. The van der Waals surface area contributed by atoms with Gasteiger partial charge in [-0.25, -0.2) is 15.0 Å². The number of ether oxygens (including phenoxy) is 1. The number of fused-ring (bicyclic) bond motifs is 1. The van der Waals surface area contributed by atoms with Crippen LogP contribution < -0.4 is 15.5 Å². The maximum Gasteiger partial charge on any atom is 0.242 e. The van der Waals surface area contributed by atoms with Crippen molar-refractivity contribution in [3.63, 3.8) is 0 Å². The van der Waals surface area contributed by atoms with E-state index in [1.807, 2.05) is 22.9 Å². The smallest absolute Gasteiger partial charge is 0.242 e. The van der Waals surface area contributed by atoms with E-state index in [4.69, 9.17) is 9.72 Å². The number of nitrogens with one attached hydrogen (secondary N) is 2. The fourth-order valence-electron chi connectivity index (χ4n) is 3.73. The number of amides is 3. The molecule has 2 N–H and O–H groups in total. The molecule has 3 aromatic heterocycles. The average molecular weight is 481 g/mol. The zero-order chi connectivity index (χ0) is 24.9. The number of anilines is 3. The molecule has 12 nitrogen and oxygen atoms in total. The Balaban J connectivity index is 1.72. The zero-order valence-electron chi connectivity index (χ0n) is 19.8. The molecular weight excluding hydrogens is 452 g/mol. The molecule has 4 rings (SSSR count). The molecule has 3 heterocycles. The number of hydrogen-bond donors (Lipinski definition) is 2. The maximum absolute atomic E-state index is 12.4. The molecule has 1 unspecified atom stereocenters. The van der Waals surface area contributed by atoms with Gasteiger partial charge in [0.15, 0.2) is 5.65 Å². The molecule has 1 aliphatic rings. The summed E-state index contributed by atoms with van der Waals surface area (Å²) in [6.45, 7) is 0.196. The standard InChI is InChI=1S/C23H28N8O4/c1-29(2)22(34)10-31(14-33)19-6-16(15-4-5-15)8-30-9-17(28-23(19)30)18(11-35-3)27-21-7-20(26-13-32)24-12-25-21/h6-9,12-15,18H,4-5,10-11H2,1-3H3,(H2,24,25,26,27,32). The van der Waals surface area contributed by atoms with Crippen LogP contribution in [0.1, 0.15) is 36.1 Å². The Hall–Kier alpha value is -4.06. The van der Waals surface area contributed by atoms with Crippen LogP contribution in [-0.2, 0) is 19.1 Å². The molecule has 0 spiro atoms. The second-order valence-electron chi connectivity index (χ2n) is 8.55. The van der Waals surface area contributed by atoms with Crippen LogP contribution in [0.5, 0.6) is 0 Å². The lowest BCUT2D eigenvalue weighted by Gasteiger charge is -2.21. The Kier molecular flexibility index (Phi) is 7.20. The predicted molar refractivity (Wildman–Crippen MR) is 129 cm³/mol. The second kappa shape index (κ2) is 10.5. The summed E-state index contributed by atoms with van der Waals surface area (Å²) in [5.74, 6) is 1.07. The fraction of sp³-hybridized carbons (Fsp3) is 0.391. The van der Waals surface area contributed by atoms with Crippen molar-refractivity contribution >= 4 is 41.7 Å². The van der Waals surface area contributed by atoms with Crippen molar-refractivity contribution in [2.45, 2.75) is 24.8 Å². The van der Waals surface area contributed by atoms with E-state index in [-0.39, 0.29) is 25.1 Å². The monoisotopic (exact) mass is 480 g/mol. The minimum Gasteiger partial charge on any atom is -0.382 e. The van der Waals surface area contributed by atoms with Crippen LogP contribution in [0, 0.1) is 0 Å². The van der Waals surface area contributed by atoms with Gasteiger partial charge in [0.25, 0.3) is 0 Å². The van der Waals surface area contributed by atoms with E-state index in [1.54, 1.807) is 27.3 Å². The van der Waals surface area contributed by atoms with Crippen molar-refractivity contribution in [2.75, 3.05) is 49.9 Å². The number of carbonyl (C=O) groups is 3. The van der Waals surface area contributed by atoms with Crippen LogP contribution in [0.4, 0.5) is 17.3 Å². The van der Waals surface area contributed by atoms with Gasteiger partial charge in [-0.1, -0.05) is 0 Å². The van der Waals surface area contributed by atoms with E-state index in [1.165, 1.54) is 16.1 Å². The Morgan fingerprint density at radius 3 is 2.66 bits per heavy atom. The van der Waals surface area contributed by atoms with Gasteiger partial charge >= 0.3 is 0 Å². The molecule has 0 aliphatic heterocycles. The molecule has 1 atom stereocenters. The van der Waals surface area contributed by atoms with Gasteiger partial charge in [-0.15, -0.1) is 0 Å². The summed E-state index contributed by atoms with van der Waals surface area (Å²) in [5.41, 5.74) is 2.88. The molecule has 0 aromatic carbocycles. The summed E-state index contributed by atoms with van der Waals surface area (Å²) in [7, 11) is 4.89. The highest BCUT2D eigenvalue weighted by molar-refractivity contribution is 5.92. The third-order valence-corrected chi connectivity index (χ3v) is 5.75. The minimum absolute atomic E-state index is 0.0876. The Morgan fingerprint density at radius 2 is 2.00 bits per heavy atom. The van der Waals surface area contributed by atoms with Crippen molar-refractivity contribution in [3.8, 4) is 0 Å². The molecule has 184 valence electrons. The minimum atomic E-state index is -0.385. The fourth-order valence-corrected chi connectivity index (χ4v) is 3.73.